The Morgan fingerprint density at radius 1 is 1.17 bits per heavy atom. The second kappa shape index (κ2) is 7.72. The maximum atomic E-state index is 15.6. The van der Waals surface area contributed by atoms with Crippen LogP contribution in [0.2, 0.25) is 0 Å². The molecule has 0 N–H and O–H groups in total. The van der Waals surface area contributed by atoms with E-state index in [1.54, 1.807) is 0 Å². The van der Waals surface area contributed by atoms with Gasteiger partial charge in [-0.1, -0.05) is 35.0 Å². The van der Waals surface area contributed by atoms with Gasteiger partial charge >= 0.3 is 13.1 Å². The van der Waals surface area contributed by atoms with Gasteiger partial charge < -0.3 is 14.0 Å². The predicted octanol–water partition coefficient (Wildman–Crippen LogP) is 3.39. The first-order chi connectivity index (χ1) is 13.5. The first-order valence-electron chi connectivity index (χ1n) is 9.34. The summed E-state index contributed by atoms with van der Waals surface area (Å²) in [7, 11) is 0.122. The van der Waals surface area contributed by atoms with Crippen LogP contribution in [0, 0.1) is 6.92 Å². The second-order valence-electron chi connectivity index (χ2n) is 8.07. The number of benzene rings is 1. The minimum Gasteiger partial charge on any atom is -0.464 e. The Morgan fingerprint density at radius 2 is 1.76 bits per heavy atom. The van der Waals surface area contributed by atoms with E-state index in [4.69, 9.17) is 9.31 Å². The molecule has 0 bridgehead atoms. The highest BCUT2D eigenvalue weighted by Gasteiger charge is 2.53. The van der Waals surface area contributed by atoms with Crippen LogP contribution in [0.25, 0.3) is 5.57 Å². The number of aryl methyl sites for hydroxylation is 1. The molecule has 9 heteroatoms. The monoisotopic (exact) mass is 401 g/mol. The largest absolute Gasteiger partial charge is 0.525 e. The van der Waals surface area contributed by atoms with Gasteiger partial charge in [0.2, 0.25) is 0 Å². The fraction of sp³-hybridized carbons (Fsp3) is 0.450. The highest BCUT2D eigenvalue weighted by atomic mass is 19.1. The van der Waals surface area contributed by atoms with Crippen molar-refractivity contribution in [3.05, 3.63) is 53.0 Å². The highest BCUT2D eigenvalue weighted by molar-refractivity contribution is 6.55. The van der Waals surface area contributed by atoms with E-state index in [-0.39, 0.29) is 12.2 Å². The van der Waals surface area contributed by atoms with Crippen molar-refractivity contribution < 1.29 is 23.2 Å². The number of carbonyl (C=O) groups is 1. The molecular weight excluding hydrogens is 376 g/mol. The quantitative estimate of drug-likeness (QED) is 0.565. The lowest BCUT2D eigenvalue weighted by molar-refractivity contribution is 0.00578. The normalized spacial score (nSPS) is 18.5. The second-order valence-corrected chi connectivity index (χ2v) is 8.07. The molecule has 1 aromatic carbocycles. The molecule has 1 aliphatic heterocycles. The van der Waals surface area contributed by atoms with Gasteiger partial charge in [0, 0.05) is 5.57 Å². The lowest BCUT2D eigenvalue weighted by Crippen LogP contribution is -2.41. The van der Waals surface area contributed by atoms with Crippen molar-refractivity contribution in [3.63, 3.8) is 0 Å². The van der Waals surface area contributed by atoms with Gasteiger partial charge in [0.05, 0.1) is 31.1 Å². The van der Waals surface area contributed by atoms with E-state index in [1.165, 1.54) is 18.0 Å². The molecule has 1 saturated heterocycles. The van der Waals surface area contributed by atoms with Crippen molar-refractivity contribution in [2.75, 3.05) is 7.11 Å². The number of rotatable bonds is 5. The Hall–Kier alpha value is -2.52. The molecule has 0 atom stereocenters. The molecule has 0 saturated carbocycles. The lowest BCUT2D eigenvalue weighted by Gasteiger charge is -2.32. The fourth-order valence-electron chi connectivity index (χ4n) is 2.88. The van der Waals surface area contributed by atoms with E-state index < -0.39 is 30.0 Å². The number of hydrogen-bond acceptors (Lipinski definition) is 6. The Morgan fingerprint density at radius 3 is 2.31 bits per heavy atom. The molecule has 3 rings (SSSR count). The number of aromatic nitrogens is 3. The number of hydrogen-bond donors (Lipinski definition) is 0. The molecule has 0 aliphatic carbocycles. The summed E-state index contributed by atoms with van der Waals surface area (Å²) >= 11 is 0. The summed E-state index contributed by atoms with van der Waals surface area (Å²) in [4.78, 5) is 11.6. The zero-order valence-corrected chi connectivity index (χ0v) is 17.5. The predicted molar refractivity (Wildman–Crippen MR) is 107 cm³/mol. The molecule has 1 aromatic heterocycles. The maximum Gasteiger partial charge on any atom is 0.525 e. The van der Waals surface area contributed by atoms with Gasteiger partial charge in [-0.3, -0.25) is 0 Å². The molecule has 7 nitrogen and oxygen atoms in total. The van der Waals surface area contributed by atoms with Crippen LogP contribution in [0.15, 0.2) is 36.2 Å². The van der Waals surface area contributed by atoms with E-state index in [0.29, 0.717) is 11.1 Å². The first kappa shape index (κ1) is 21.2. The standard InChI is InChI=1S/C20H25BFN3O4/c1-13-7-9-14(10-8-13)15(11-25-12-16(23-24-25)18(26)27-6)17(22)21-28-19(2,3)20(4,5)29-21/h7-10,12H,11H2,1-6H3. The highest BCUT2D eigenvalue weighted by Crippen LogP contribution is 2.40. The molecule has 0 amide bonds. The smallest absolute Gasteiger partial charge is 0.464 e. The summed E-state index contributed by atoms with van der Waals surface area (Å²) < 4.78 is 33.4. The Balaban J connectivity index is 1.99. The molecule has 0 radical (unpaired) electrons. The van der Waals surface area contributed by atoms with Gasteiger partial charge in [-0.25, -0.2) is 13.9 Å². The third-order valence-electron chi connectivity index (χ3n) is 5.40. The van der Waals surface area contributed by atoms with Crippen LogP contribution < -0.4 is 0 Å². The minimum atomic E-state index is -1.14. The Kier molecular flexibility index (Phi) is 5.64. The van der Waals surface area contributed by atoms with Crippen molar-refractivity contribution in [2.45, 2.75) is 52.4 Å². The van der Waals surface area contributed by atoms with E-state index in [2.05, 4.69) is 15.0 Å². The van der Waals surface area contributed by atoms with Gasteiger partial charge in [-0.05, 0) is 40.2 Å². The van der Waals surface area contributed by atoms with Crippen LogP contribution in [-0.2, 0) is 20.6 Å². The summed E-state index contributed by atoms with van der Waals surface area (Å²) in [6, 6.07) is 7.45. The summed E-state index contributed by atoms with van der Waals surface area (Å²) in [5.74, 6) is -0.608. The number of allylic oxidation sites excluding steroid dienone is 1. The van der Waals surface area contributed by atoms with Crippen LogP contribution in [0.4, 0.5) is 4.39 Å². The summed E-state index contributed by atoms with van der Waals surface area (Å²) in [5, 5.41) is 7.70. The molecule has 2 aromatic rings. The summed E-state index contributed by atoms with van der Waals surface area (Å²) in [6.07, 6.45) is 1.41. The van der Waals surface area contributed by atoms with Gasteiger partial charge in [-0.15, -0.1) is 5.10 Å². The van der Waals surface area contributed by atoms with E-state index in [0.717, 1.165) is 5.56 Å². The van der Waals surface area contributed by atoms with Crippen molar-refractivity contribution in [1.29, 1.82) is 0 Å². The van der Waals surface area contributed by atoms with Crippen LogP contribution in [-0.4, -0.2) is 46.4 Å². The molecule has 0 spiro atoms. The maximum absolute atomic E-state index is 15.6. The number of halogens is 1. The number of methoxy groups -OCH3 is 1. The molecule has 0 unspecified atom stereocenters. The van der Waals surface area contributed by atoms with Crippen molar-refractivity contribution >= 4 is 18.7 Å². The zero-order valence-electron chi connectivity index (χ0n) is 17.5. The minimum absolute atomic E-state index is 0.0446. The molecule has 1 aliphatic rings. The Labute approximate surface area is 170 Å². The topological polar surface area (TPSA) is 75.5 Å². The van der Waals surface area contributed by atoms with E-state index in [1.807, 2.05) is 58.9 Å². The molecule has 1 fully saturated rings. The van der Waals surface area contributed by atoms with Gasteiger partial charge in [0.1, 0.15) is 5.73 Å². The lowest BCUT2D eigenvalue weighted by atomic mass is 9.82. The van der Waals surface area contributed by atoms with Gasteiger partial charge in [0.25, 0.3) is 0 Å². The molecular formula is C20H25BFN3O4. The van der Waals surface area contributed by atoms with Gasteiger partial charge in [-0.2, -0.15) is 0 Å². The van der Waals surface area contributed by atoms with Crippen LogP contribution >= 0.6 is 0 Å². The fourth-order valence-corrected chi connectivity index (χ4v) is 2.88. The number of carbonyl (C=O) groups excluding carboxylic acids is 1. The van der Waals surface area contributed by atoms with Crippen LogP contribution in [0.1, 0.15) is 49.3 Å². The molecule has 29 heavy (non-hydrogen) atoms. The summed E-state index contributed by atoms with van der Waals surface area (Å²) in [5.41, 5.74) is 0.229. The average Bonchev–Trinajstić information content (AvgIpc) is 3.21. The zero-order chi connectivity index (χ0) is 21.4. The van der Waals surface area contributed by atoms with E-state index >= 15 is 4.39 Å². The van der Waals surface area contributed by atoms with Crippen molar-refractivity contribution in [2.24, 2.45) is 0 Å². The number of ether oxygens (including phenoxy) is 1. The third kappa shape index (κ3) is 4.25. The number of esters is 1. The van der Waals surface area contributed by atoms with Crippen LogP contribution in [0.5, 0.6) is 0 Å². The van der Waals surface area contributed by atoms with Gasteiger partial charge in [0.15, 0.2) is 5.69 Å². The Bertz CT molecular complexity index is 921. The van der Waals surface area contributed by atoms with Crippen molar-refractivity contribution in [3.8, 4) is 0 Å². The van der Waals surface area contributed by atoms with E-state index in [9.17, 15) is 4.79 Å². The SMILES string of the molecule is COC(=O)c1cn(CC(=C(F)B2OC(C)(C)C(C)(C)O2)c2ccc(C)cc2)nn1. The van der Waals surface area contributed by atoms with Crippen LogP contribution in [0.3, 0.4) is 0 Å². The first-order valence-corrected chi connectivity index (χ1v) is 9.34. The summed E-state index contributed by atoms with van der Waals surface area (Å²) in [6.45, 7) is 9.47. The average molecular weight is 401 g/mol. The van der Waals surface area contributed by atoms with Crippen molar-refractivity contribution in [1.82, 2.24) is 15.0 Å². The molecule has 154 valence electrons. The number of nitrogens with zero attached hydrogens (tertiary/aromatic N) is 3. The third-order valence-corrected chi connectivity index (χ3v) is 5.40. The molecule has 2 heterocycles.